The largest absolute Gasteiger partial charge is 0.419 e. The van der Waals surface area contributed by atoms with Gasteiger partial charge in [0, 0.05) is 12.1 Å². The summed E-state index contributed by atoms with van der Waals surface area (Å²) >= 11 is 0. The molecule has 1 N–H and O–H groups in total. The lowest BCUT2D eigenvalue weighted by molar-refractivity contribution is 0.576. The Labute approximate surface area is 174 Å². The molecule has 0 aliphatic heterocycles. The highest BCUT2D eigenvalue weighted by molar-refractivity contribution is 7.91. The number of hydrogen-bond acceptors (Lipinski definition) is 5. The summed E-state index contributed by atoms with van der Waals surface area (Å²) in [4.78, 5) is 4.22. The van der Waals surface area contributed by atoms with Gasteiger partial charge in [0.2, 0.25) is 26.6 Å². The van der Waals surface area contributed by atoms with Gasteiger partial charge >= 0.3 is 0 Å². The summed E-state index contributed by atoms with van der Waals surface area (Å²) in [6, 6.07) is 21.6. The molecule has 0 saturated heterocycles. The summed E-state index contributed by atoms with van der Waals surface area (Å²) in [7, 11) is -4.02. The first kappa shape index (κ1) is 19.8. The van der Waals surface area contributed by atoms with Gasteiger partial charge in [-0.1, -0.05) is 48.0 Å². The van der Waals surface area contributed by atoms with Crippen molar-refractivity contribution >= 4 is 15.7 Å². The molecule has 4 rings (SSSR count). The molecule has 0 bridgehead atoms. The van der Waals surface area contributed by atoms with Crippen LogP contribution in [-0.2, 0) is 16.4 Å². The van der Waals surface area contributed by atoms with Crippen LogP contribution >= 0.6 is 0 Å². The zero-order valence-electron chi connectivity index (χ0n) is 16.2. The molecule has 5 nitrogen and oxygen atoms in total. The van der Waals surface area contributed by atoms with Crippen molar-refractivity contribution in [2.75, 3.05) is 5.32 Å². The van der Waals surface area contributed by atoms with Crippen LogP contribution in [0.1, 0.15) is 11.1 Å². The number of aryl methyl sites for hydroxylation is 1. The van der Waals surface area contributed by atoms with Crippen molar-refractivity contribution in [1.29, 1.82) is 0 Å². The summed E-state index contributed by atoms with van der Waals surface area (Å²) in [5.41, 5.74) is 2.67. The molecule has 0 aliphatic carbocycles. The molecule has 0 fully saturated rings. The highest BCUT2D eigenvalue weighted by atomic mass is 32.2. The predicted molar refractivity (Wildman–Crippen MR) is 112 cm³/mol. The number of anilines is 1. The van der Waals surface area contributed by atoms with E-state index >= 15 is 0 Å². The number of halogens is 1. The van der Waals surface area contributed by atoms with Gasteiger partial charge < -0.3 is 9.73 Å². The van der Waals surface area contributed by atoms with Crippen LogP contribution in [0.15, 0.2) is 93.2 Å². The quantitative estimate of drug-likeness (QED) is 0.431. The summed E-state index contributed by atoms with van der Waals surface area (Å²) in [5, 5.41) is 2.80. The van der Waals surface area contributed by atoms with Crippen LogP contribution in [0.2, 0.25) is 0 Å². The summed E-state index contributed by atoms with van der Waals surface area (Å²) in [5.74, 6) is -0.290. The number of aromatic nitrogens is 1. The highest BCUT2D eigenvalue weighted by Gasteiger charge is 2.28. The standard InChI is InChI=1S/C23H19FN2O3S/c1-16-7-9-18(10-8-16)21-26-23(30(27,28)20-13-11-19(24)12-14-20)22(29-21)25-15-17-5-3-2-4-6-17/h2-14,25H,15H2,1H3. The van der Waals surface area contributed by atoms with E-state index in [4.69, 9.17) is 4.42 Å². The number of rotatable bonds is 6. The van der Waals surface area contributed by atoms with E-state index in [0.29, 0.717) is 12.1 Å². The molecule has 0 spiro atoms. The molecule has 152 valence electrons. The Balaban J connectivity index is 1.76. The molecule has 4 aromatic rings. The molecule has 0 radical (unpaired) electrons. The van der Waals surface area contributed by atoms with E-state index in [0.717, 1.165) is 23.3 Å². The van der Waals surface area contributed by atoms with Gasteiger partial charge in [0.05, 0.1) is 4.90 Å². The second-order valence-corrected chi connectivity index (χ2v) is 8.68. The van der Waals surface area contributed by atoms with E-state index in [1.165, 1.54) is 12.1 Å². The molecule has 30 heavy (non-hydrogen) atoms. The number of benzene rings is 3. The lowest BCUT2D eigenvalue weighted by atomic mass is 10.1. The first-order valence-electron chi connectivity index (χ1n) is 9.30. The van der Waals surface area contributed by atoms with Crippen LogP contribution in [0.5, 0.6) is 0 Å². The Morgan fingerprint density at radius 2 is 1.60 bits per heavy atom. The van der Waals surface area contributed by atoms with Crippen molar-refractivity contribution in [3.8, 4) is 11.5 Å². The first-order chi connectivity index (χ1) is 14.4. The fraction of sp³-hybridized carbons (Fsp3) is 0.0870. The van der Waals surface area contributed by atoms with Crippen LogP contribution in [0.4, 0.5) is 10.3 Å². The van der Waals surface area contributed by atoms with Crippen LogP contribution < -0.4 is 5.32 Å². The van der Waals surface area contributed by atoms with Crippen molar-refractivity contribution in [3.63, 3.8) is 0 Å². The Morgan fingerprint density at radius 1 is 0.933 bits per heavy atom. The van der Waals surface area contributed by atoms with Gasteiger partial charge in [-0.25, -0.2) is 12.8 Å². The summed E-state index contributed by atoms with van der Waals surface area (Å²) in [6.07, 6.45) is 0. The van der Waals surface area contributed by atoms with E-state index in [1.807, 2.05) is 61.5 Å². The lowest BCUT2D eigenvalue weighted by Gasteiger charge is -2.06. The molecule has 1 heterocycles. The van der Waals surface area contributed by atoms with Gasteiger partial charge in [-0.15, -0.1) is 0 Å². The van der Waals surface area contributed by atoms with Crippen LogP contribution in [-0.4, -0.2) is 13.4 Å². The van der Waals surface area contributed by atoms with Crippen molar-refractivity contribution in [2.45, 2.75) is 23.4 Å². The molecular weight excluding hydrogens is 403 g/mol. The number of nitrogens with zero attached hydrogens (tertiary/aromatic N) is 1. The molecule has 0 aliphatic rings. The van der Waals surface area contributed by atoms with Gasteiger partial charge in [0.25, 0.3) is 0 Å². The SMILES string of the molecule is Cc1ccc(-c2nc(S(=O)(=O)c3ccc(F)cc3)c(NCc3ccccc3)o2)cc1. The molecule has 0 unspecified atom stereocenters. The molecule has 0 saturated carbocycles. The zero-order chi connectivity index (χ0) is 21.1. The molecule has 7 heteroatoms. The van der Waals surface area contributed by atoms with Gasteiger partial charge in [-0.3, -0.25) is 0 Å². The third kappa shape index (κ3) is 4.11. The molecule has 0 amide bonds. The Kier molecular flexibility index (Phi) is 5.37. The molecular formula is C23H19FN2O3S. The average Bonchev–Trinajstić information content (AvgIpc) is 3.19. The van der Waals surface area contributed by atoms with Crippen molar-refractivity contribution < 1.29 is 17.2 Å². The van der Waals surface area contributed by atoms with Crippen LogP contribution in [0.3, 0.4) is 0 Å². The fourth-order valence-corrected chi connectivity index (χ4v) is 4.20. The third-order valence-corrected chi connectivity index (χ3v) is 6.25. The maximum Gasteiger partial charge on any atom is 0.234 e. The smallest absolute Gasteiger partial charge is 0.234 e. The van der Waals surface area contributed by atoms with E-state index in [1.54, 1.807) is 0 Å². The maximum absolute atomic E-state index is 13.3. The highest BCUT2D eigenvalue weighted by Crippen LogP contribution is 2.32. The Bertz CT molecular complexity index is 1250. The van der Waals surface area contributed by atoms with Crippen LogP contribution in [0.25, 0.3) is 11.5 Å². The average molecular weight is 422 g/mol. The second-order valence-electron chi connectivity index (χ2n) is 6.82. The molecule has 3 aromatic carbocycles. The van der Waals surface area contributed by atoms with Crippen LogP contribution in [0, 0.1) is 12.7 Å². The van der Waals surface area contributed by atoms with Gasteiger partial charge in [0.15, 0.2) is 0 Å². The van der Waals surface area contributed by atoms with Crippen molar-refractivity contribution in [1.82, 2.24) is 4.98 Å². The zero-order valence-corrected chi connectivity index (χ0v) is 17.0. The fourth-order valence-electron chi connectivity index (χ4n) is 2.92. The number of nitrogens with one attached hydrogen (secondary N) is 1. The normalized spacial score (nSPS) is 11.4. The van der Waals surface area contributed by atoms with Gasteiger partial charge in [0.1, 0.15) is 5.82 Å². The number of oxazole rings is 1. The van der Waals surface area contributed by atoms with E-state index < -0.39 is 15.7 Å². The molecule has 1 aromatic heterocycles. The number of sulfone groups is 1. The van der Waals surface area contributed by atoms with Gasteiger partial charge in [-0.2, -0.15) is 4.98 Å². The van der Waals surface area contributed by atoms with Gasteiger partial charge in [-0.05, 0) is 48.9 Å². The summed E-state index contributed by atoms with van der Waals surface area (Å²) in [6.45, 7) is 2.31. The Hall–Kier alpha value is -3.45. The molecule has 0 atom stereocenters. The lowest BCUT2D eigenvalue weighted by Crippen LogP contribution is -2.07. The van der Waals surface area contributed by atoms with E-state index in [-0.39, 0.29) is 21.7 Å². The van der Waals surface area contributed by atoms with Crippen molar-refractivity contribution in [2.24, 2.45) is 0 Å². The number of hydrogen-bond donors (Lipinski definition) is 1. The third-order valence-electron chi connectivity index (χ3n) is 4.57. The summed E-state index contributed by atoms with van der Waals surface area (Å²) < 4.78 is 45.5. The minimum absolute atomic E-state index is 0.0405. The minimum Gasteiger partial charge on any atom is -0.419 e. The minimum atomic E-state index is -4.02. The Morgan fingerprint density at radius 3 is 2.27 bits per heavy atom. The first-order valence-corrected chi connectivity index (χ1v) is 10.8. The monoisotopic (exact) mass is 422 g/mol. The van der Waals surface area contributed by atoms with Crippen molar-refractivity contribution in [3.05, 3.63) is 95.8 Å². The maximum atomic E-state index is 13.3. The topological polar surface area (TPSA) is 72.2 Å². The second kappa shape index (κ2) is 8.12. The van der Waals surface area contributed by atoms with E-state index in [2.05, 4.69) is 10.3 Å². The predicted octanol–water partition coefficient (Wildman–Crippen LogP) is 5.23. The van der Waals surface area contributed by atoms with E-state index in [9.17, 15) is 12.8 Å².